The second-order valence-corrected chi connectivity index (χ2v) is 5.95. The number of ether oxygens (including phenoxy) is 1. The van der Waals surface area contributed by atoms with Crippen LogP contribution in [0, 0.1) is 5.82 Å². The quantitative estimate of drug-likeness (QED) is 0.607. The number of hydrogen-bond donors (Lipinski definition) is 2. The van der Waals surface area contributed by atoms with Crippen LogP contribution in [0.1, 0.15) is 41.3 Å². The Bertz CT molecular complexity index is 804. The van der Waals surface area contributed by atoms with Crippen LogP contribution in [0.25, 0.3) is 0 Å². The smallest absolute Gasteiger partial charge is 0.403 e. The molecule has 0 aliphatic rings. The fraction of sp³-hybridized carbons (Fsp3) is 0.278. The van der Waals surface area contributed by atoms with Crippen molar-refractivity contribution in [2.75, 3.05) is 5.73 Å². The van der Waals surface area contributed by atoms with Gasteiger partial charge in [0.05, 0.1) is 0 Å². The number of hydrogen-bond acceptors (Lipinski definition) is 3. The van der Waals surface area contributed by atoms with Crippen LogP contribution in [0.5, 0.6) is 5.75 Å². The molecule has 0 atom stereocenters. The summed E-state index contributed by atoms with van der Waals surface area (Å²) in [5.41, 5.74) is 8.15. The molecule has 0 saturated carbocycles. The first-order valence-corrected chi connectivity index (χ1v) is 7.79. The van der Waals surface area contributed by atoms with Crippen molar-refractivity contribution in [2.24, 2.45) is 0 Å². The van der Waals surface area contributed by atoms with Gasteiger partial charge in [0, 0.05) is 17.8 Å². The Morgan fingerprint density at radius 3 is 2.50 bits per heavy atom. The van der Waals surface area contributed by atoms with Gasteiger partial charge in [0.25, 0.3) is 5.91 Å². The highest BCUT2D eigenvalue weighted by molar-refractivity contribution is 5.94. The van der Waals surface area contributed by atoms with Crippen LogP contribution >= 0.6 is 0 Å². The Kier molecular flexibility index (Phi) is 5.74. The number of halogens is 4. The van der Waals surface area contributed by atoms with E-state index in [2.05, 4.69) is 10.1 Å². The molecule has 0 fully saturated rings. The van der Waals surface area contributed by atoms with Crippen molar-refractivity contribution in [1.82, 2.24) is 5.32 Å². The molecular formula is C18H18F4N2O2. The first kappa shape index (κ1) is 19.6. The molecule has 0 unspecified atom stereocenters. The lowest BCUT2D eigenvalue weighted by Crippen LogP contribution is -2.24. The summed E-state index contributed by atoms with van der Waals surface area (Å²) in [6.07, 6.45) is -5.01. The van der Waals surface area contributed by atoms with Gasteiger partial charge in [-0.2, -0.15) is 0 Å². The zero-order valence-electron chi connectivity index (χ0n) is 14.2. The molecule has 0 radical (unpaired) electrons. The molecule has 2 rings (SSSR count). The molecule has 4 nitrogen and oxygen atoms in total. The average Bonchev–Trinajstić information content (AvgIpc) is 2.52. The van der Waals surface area contributed by atoms with Gasteiger partial charge in [0.15, 0.2) is 11.6 Å². The lowest BCUT2D eigenvalue weighted by atomic mass is 9.95. The molecule has 26 heavy (non-hydrogen) atoms. The Balaban J connectivity index is 2.12. The summed E-state index contributed by atoms with van der Waals surface area (Å²) in [5, 5.41) is 2.61. The highest BCUT2D eigenvalue weighted by Gasteiger charge is 2.32. The maximum Gasteiger partial charge on any atom is 0.573 e. The van der Waals surface area contributed by atoms with Crippen molar-refractivity contribution in [2.45, 2.75) is 32.7 Å². The van der Waals surface area contributed by atoms with Gasteiger partial charge in [-0.15, -0.1) is 13.2 Å². The third kappa shape index (κ3) is 4.87. The molecule has 0 saturated heterocycles. The number of alkyl halides is 3. The molecule has 0 spiro atoms. The monoisotopic (exact) mass is 370 g/mol. The summed E-state index contributed by atoms with van der Waals surface area (Å²) in [4.78, 5) is 12.2. The zero-order valence-corrected chi connectivity index (χ0v) is 14.2. The van der Waals surface area contributed by atoms with Crippen molar-refractivity contribution in [3.05, 3.63) is 58.9 Å². The van der Waals surface area contributed by atoms with Crippen LogP contribution in [0.4, 0.5) is 23.2 Å². The largest absolute Gasteiger partial charge is 0.573 e. The standard InChI is InChI=1S/C18H18F4N2O2/c1-10(2)16-12(4-3-5-14(16)23)9-24-17(25)11-6-7-15(13(19)8-11)26-18(20,21)22/h3-8,10H,9,23H2,1-2H3,(H,24,25). The van der Waals surface area contributed by atoms with Crippen LogP contribution in [-0.2, 0) is 6.54 Å². The maximum atomic E-state index is 13.7. The molecule has 140 valence electrons. The summed E-state index contributed by atoms with van der Waals surface area (Å²) in [7, 11) is 0. The Labute approximate surface area is 148 Å². The molecule has 1 amide bonds. The van der Waals surface area contributed by atoms with E-state index in [1.807, 2.05) is 19.9 Å². The molecule has 0 aromatic heterocycles. The Morgan fingerprint density at radius 2 is 1.92 bits per heavy atom. The lowest BCUT2D eigenvalue weighted by molar-refractivity contribution is -0.275. The van der Waals surface area contributed by atoms with Gasteiger partial charge in [-0.3, -0.25) is 4.79 Å². The molecule has 0 bridgehead atoms. The number of nitrogen functional groups attached to an aromatic ring is 1. The van der Waals surface area contributed by atoms with Crippen LogP contribution in [0.2, 0.25) is 0 Å². The third-order valence-corrected chi connectivity index (χ3v) is 3.67. The van der Waals surface area contributed by atoms with E-state index in [9.17, 15) is 22.4 Å². The topological polar surface area (TPSA) is 64.3 Å². The minimum absolute atomic E-state index is 0.118. The van der Waals surface area contributed by atoms with E-state index in [1.54, 1.807) is 12.1 Å². The van der Waals surface area contributed by atoms with Gasteiger partial charge >= 0.3 is 6.36 Å². The fourth-order valence-corrected chi connectivity index (χ4v) is 2.62. The number of anilines is 1. The van der Waals surface area contributed by atoms with E-state index in [4.69, 9.17) is 5.73 Å². The zero-order chi connectivity index (χ0) is 19.5. The Hall–Kier alpha value is -2.77. The SMILES string of the molecule is CC(C)c1c(N)cccc1CNC(=O)c1ccc(OC(F)(F)F)c(F)c1. The summed E-state index contributed by atoms with van der Waals surface area (Å²) in [6.45, 7) is 4.08. The first-order valence-electron chi connectivity index (χ1n) is 7.79. The molecular weight excluding hydrogens is 352 g/mol. The van der Waals surface area contributed by atoms with Crippen LogP contribution < -0.4 is 15.8 Å². The van der Waals surface area contributed by atoms with Gasteiger partial charge in [0.1, 0.15) is 0 Å². The van der Waals surface area contributed by atoms with Crippen molar-refractivity contribution in [3.63, 3.8) is 0 Å². The van der Waals surface area contributed by atoms with Crippen LogP contribution in [0.3, 0.4) is 0 Å². The van der Waals surface area contributed by atoms with Crippen molar-refractivity contribution >= 4 is 11.6 Å². The summed E-state index contributed by atoms with van der Waals surface area (Å²) >= 11 is 0. The predicted molar refractivity (Wildman–Crippen MR) is 89.2 cm³/mol. The van der Waals surface area contributed by atoms with Crippen molar-refractivity contribution in [1.29, 1.82) is 0 Å². The van der Waals surface area contributed by atoms with Crippen molar-refractivity contribution in [3.8, 4) is 5.75 Å². The van der Waals surface area contributed by atoms with E-state index in [1.165, 1.54) is 0 Å². The fourth-order valence-electron chi connectivity index (χ4n) is 2.62. The van der Waals surface area contributed by atoms with Gasteiger partial charge in [0.2, 0.25) is 0 Å². The maximum absolute atomic E-state index is 13.7. The normalized spacial score (nSPS) is 11.5. The van der Waals surface area contributed by atoms with Gasteiger partial charge in [-0.05, 0) is 41.3 Å². The number of carbonyl (C=O) groups is 1. The molecule has 2 aromatic carbocycles. The average molecular weight is 370 g/mol. The van der Waals surface area contributed by atoms with Gasteiger partial charge < -0.3 is 15.8 Å². The lowest BCUT2D eigenvalue weighted by Gasteiger charge is -2.16. The highest BCUT2D eigenvalue weighted by atomic mass is 19.4. The minimum atomic E-state index is -5.01. The number of rotatable bonds is 5. The molecule has 8 heteroatoms. The van der Waals surface area contributed by atoms with Gasteiger partial charge in [-0.25, -0.2) is 4.39 Å². The number of nitrogens with one attached hydrogen (secondary N) is 1. The van der Waals surface area contributed by atoms with E-state index < -0.39 is 23.8 Å². The molecule has 0 aliphatic carbocycles. The number of benzene rings is 2. The summed E-state index contributed by atoms with van der Waals surface area (Å²) in [5.74, 6) is -2.76. The number of nitrogens with two attached hydrogens (primary N) is 1. The molecule has 0 heterocycles. The molecule has 3 N–H and O–H groups in total. The first-order chi connectivity index (χ1) is 12.1. The number of carbonyl (C=O) groups excluding carboxylic acids is 1. The molecule has 2 aromatic rings. The van der Waals surface area contributed by atoms with E-state index >= 15 is 0 Å². The summed E-state index contributed by atoms with van der Waals surface area (Å²) in [6, 6.07) is 7.84. The minimum Gasteiger partial charge on any atom is -0.403 e. The van der Waals surface area contributed by atoms with E-state index in [0.29, 0.717) is 11.8 Å². The van der Waals surface area contributed by atoms with Crippen molar-refractivity contribution < 1.29 is 27.1 Å². The highest BCUT2D eigenvalue weighted by Crippen LogP contribution is 2.27. The second kappa shape index (κ2) is 7.63. The third-order valence-electron chi connectivity index (χ3n) is 3.67. The van der Waals surface area contributed by atoms with E-state index in [0.717, 1.165) is 23.3 Å². The summed E-state index contributed by atoms with van der Waals surface area (Å²) < 4.78 is 53.7. The van der Waals surface area contributed by atoms with Crippen LogP contribution in [0.15, 0.2) is 36.4 Å². The Morgan fingerprint density at radius 1 is 1.23 bits per heavy atom. The van der Waals surface area contributed by atoms with Crippen LogP contribution in [-0.4, -0.2) is 12.3 Å². The molecule has 0 aliphatic heterocycles. The van der Waals surface area contributed by atoms with E-state index in [-0.39, 0.29) is 18.0 Å². The number of amides is 1. The van der Waals surface area contributed by atoms with Gasteiger partial charge in [-0.1, -0.05) is 26.0 Å². The predicted octanol–water partition coefficient (Wildman–Crippen LogP) is 4.36. The second-order valence-electron chi connectivity index (χ2n) is 5.95.